The number of aromatic nitrogens is 1. The van der Waals surface area contributed by atoms with Gasteiger partial charge in [0.1, 0.15) is 40.8 Å². The van der Waals surface area contributed by atoms with E-state index in [9.17, 15) is 25.5 Å². The lowest BCUT2D eigenvalue weighted by Crippen LogP contribution is -2.21. The number of hydrogen-bond donors (Lipinski definition) is 3. The number of carbonyl (C=O) groups is 1. The summed E-state index contributed by atoms with van der Waals surface area (Å²) >= 11 is 7.49. The van der Waals surface area contributed by atoms with Crippen molar-refractivity contribution in [2.75, 3.05) is 13.2 Å². The summed E-state index contributed by atoms with van der Waals surface area (Å²) in [6, 6.07) is 17.1. The van der Waals surface area contributed by atoms with Crippen LogP contribution in [0.15, 0.2) is 53.6 Å². The predicted octanol–water partition coefficient (Wildman–Crippen LogP) is 3.87. The van der Waals surface area contributed by atoms with E-state index in [2.05, 4.69) is 11.1 Å². The van der Waals surface area contributed by atoms with E-state index < -0.39 is 18.7 Å². The summed E-state index contributed by atoms with van der Waals surface area (Å²) in [7, 11) is 0. The molecule has 0 fully saturated rings. The van der Waals surface area contributed by atoms with E-state index in [1.54, 1.807) is 42.5 Å². The first-order valence-corrected chi connectivity index (χ1v) is 11.2. The number of ether oxygens (including phenoxy) is 1. The number of thioether (sulfide) groups is 1. The number of aliphatic hydroxyl groups excluding tert-OH is 2. The average molecular weight is 496 g/mol. The maximum Gasteiger partial charge on any atom is 0.335 e. The molecule has 3 N–H and O–H groups in total. The number of nitriles is 2. The zero-order chi connectivity index (χ0) is 24.7. The Morgan fingerprint density at radius 1 is 1.15 bits per heavy atom. The molecule has 0 spiro atoms. The molecule has 1 heterocycles. The van der Waals surface area contributed by atoms with Crippen molar-refractivity contribution in [3.63, 3.8) is 0 Å². The predicted molar refractivity (Wildman–Crippen MR) is 126 cm³/mol. The summed E-state index contributed by atoms with van der Waals surface area (Å²) in [5.41, 5.74) is 1.98. The summed E-state index contributed by atoms with van der Waals surface area (Å²) < 4.78 is 5.40. The van der Waals surface area contributed by atoms with Crippen molar-refractivity contribution in [3.05, 3.63) is 75.9 Å². The molecule has 0 aliphatic heterocycles. The number of benzene rings is 2. The Labute approximate surface area is 204 Å². The van der Waals surface area contributed by atoms with Crippen LogP contribution in [0.1, 0.15) is 27.0 Å². The Morgan fingerprint density at radius 3 is 2.47 bits per heavy atom. The lowest BCUT2D eigenvalue weighted by atomic mass is 9.97. The molecule has 3 aromatic rings. The van der Waals surface area contributed by atoms with Crippen molar-refractivity contribution in [3.8, 4) is 29.0 Å². The van der Waals surface area contributed by atoms with Gasteiger partial charge in [-0.25, -0.2) is 9.78 Å². The largest absolute Gasteiger partial charge is 0.491 e. The summed E-state index contributed by atoms with van der Waals surface area (Å²) in [5.74, 6) is -0.268. The van der Waals surface area contributed by atoms with Crippen LogP contribution < -0.4 is 4.74 Å². The van der Waals surface area contributed by atoms with Crippen molar-refractivity contribution in [2.24, 2.45) is 0 Å². The molecular formula is C24H18ClN3O5S. The molecule has 3 rings (SSSR count). The van der Waals surface area contributed by atoms with Crippen LogP contribution in [0.3, 0.4) is 0 Å². The normalized spacial score (nSPS) is 11.3. The van der Waals surface area contributed by atoms with E-state index in [-0.39, 0.29) is 28.5 Å². The third-order valence-corrected chi connectivity index (χ3v) is 6.01. The van der Waals surface area contributed by atoms with E-state index in [1.807, 2.05) is 6.07 Å². The van der Waals surface area contributed by atoms with Crippen LogP contribution in [0.4, 0.5) is 0 Å². The lowest BCUT2D eigenvalue weighted by molar-refractivity contribution is 0.0536. The van der Waals surface area contributed by atoms with E-state index in [0.717, 1.165) is 5.56 Å². The monoisotopic (exact) mass is 495 g/mol. The highest BCUT2D eigenvalue weighted by atomic mass is 35.5. The number of aliphatic hydroxyl groups is 2. The highest BCUT2D eigenvalue weighted by Gasteiger charge is 2.21. The molecule has 1 aromatic heterocycles. The topological polar surface area (TPSA) is 147 Å². The van der Waals surface area contributed by atoms with Gasteiger partial charge in [-0.3, -0.25) is 0 Å². The Bertz CT molecular complexity index is 1290. The molecule has 0 amide bonds. The molecule has 0 radical (unpaired) electrons. The lowest BCUT2D eigenvalue weighted by Gasteiger charge is -2.14. The van der Waals surface area contributed by atoms with E-state index in [0.29, 0.717) is 27.7 Å². The van der Waals surface area contributed by atoms with Gasteiger partial charge < -0.3 is 20.1 Å². The Hall–Kier alpha value is -3.60. The first-order valence-electron chi connectivity index (χ1n) is 9.88. The van der Waals surface area contributed by atoms with E-state index >= 15 is 0 Å². The minimum Gasteiger partial charge on any atom is -0.491 e. The van der Waals surface area contributed by atoms with Gasteiger partial charge in [-0.05, 0) is 35.4 Å². The van der Waals surface area contributed by atoms with Gasteiger partial charge in [-0.15, -0.1) is 11.8 Å². The molecular weight excluding hydrogens is 478 g/mol. The summed E-state index contributed by atoms with van der Waals surface area (Å²) in [6.07, 6.45) is -1.01. The molecule has 2 aromatic carbocycles. The quantitative estimate of drug-likeness (QED) is 0.297. The number of rotatable bonds is 9. The fraction of sp³-hybridized carbons (Fsp3) is 0.167. The molecule has 172 valence electrons. The highest BCUT2D eigenvalue weighted by molar-refractivity contribution is 7.98. The Morgan fingerprint density at radius 2 is 1.85 bits per heavy atom. The first kappa shape index (κ1) is 25.0. The fourth-order valence-electron chi connectivity index (χ4n) is 3.04. The van der Waals surface area contributed by atoms with Crippen LogP contribution in [0.5, 0.6) is 5.75 Å². The van der Waals surface area contributed by atoms with Crippen LogP contribution in [-0.2, 0) is 5.75 Å². The molecule has 0 saturated carbocycles. The van der Waals surface area contributed by atoms with Crippen LogP contribution in [0, 0.1) is 22.7 Å². The number of pyridine rings is 1. The van der Waals surface area contributed by atoms with Crippen molar-refractivity contribution in [1.29, 1.82) is 10.5 Å². The standard InChI is InChI=1S/C24H18ClN3O5S/c25-22-19(9-26)21(15-4-6-18(7-5-15)33-12-17(30)11-29)20(10-27)23(28-22)34-13-14-2-1-3-16(8-14)24(31)32/h1-8,17,29-30H,11-13H2,(H,31,32)/t17-/m1/s1. The zero-order valence-corrected chi connectivity index (χ0v) is 19.2. The van der Waals surface area contributed by atoms with Gasteiger partial charge in [0.2, 0.25) is 0 Å². The number of aromatic carboxylic acids is 1. The first-order chi connectivity index (χ1) is 16.4. The average Bonchev–Trinajstić information content (AvgIpc) is 2.86. The van der Waals surface area contributed by atoms with Crippen LogP contribution in [0.2, 0.25) is 5.15 Å². The smallest absolute Gasteiger partial charge is 0.335 e. The van der Waals surface area contributed by atoms with Crippen molar-refractivity contribution < 1.29 is 24.9 Å². The Kier molecular flexibility index (Phi) is 8.47. The molecule has 0 unspecified atom stereocenters. The number of nitrogens with zero attached hydrogens (tertiary/aromatic N) is 3. The minimum atomic E-state index is -1.04. The molecule has 34 heavy (non-hydrogen) atoms. The van der Waals surface area contributed by atoms with Crippen LogP contribution in [-0.4, -0.2) is 45.6 Å². The van der Waals surface area contributed by atoms with Gasteiger partial charge in [0.15, 0.2) is 0 Å². The minimum absolute atomic E-state index is 0.0512. The van der Waals surface area contributed by atoms with E-state index in [1.165, 1.54) is 17.8 Å². The molecule has 1 atom stereocenters. The van der Waals surface area contributed by atoms with Crippen LogP contribution >= 0.6 is 23.4 Å². The molecule has 0 saturated heterocycles. The number of halogens is 1. The van der Waals surface area contributed by atoms with Gasteiger partial charge in [-0.2, -0.15) is 10.5 Å². The van der Waals surface area contributed by atoms with Crippen molar-refractivity contribution in [1.82, 2.24) is 4.98 Å². The van der Waals surface area contributed by atoms with Gasteiger partial charge in [-0.1, -0.05) is 35.9 Å². The summed E-state index contributed by atoms with van der Waals surface area (Å²) in [6.45, 7) is -0.514. The number of hydrogen-bond acceptors (Lipinski definition) is 8. The second-order valence-electron chi connectivity index (χ2n) is 7.02. The SMILES string of the molecule is N#Cc1c(Cl)nc(SCc2cccc(C(=O)O)c2)c(C#N)c1-c1ccc(OC[C@H](O)CO)cc1. The molecule has 8 nitrogen and oxygen atoms in total. The second kappa shape index (κ2) is 11.5. The second-order valence-corrected chi connectivity index (χ2v) is 8.34. The van der Waals surface area contributed by atoms with Crippen LogP contribution in [0.25, 0.3) is 11.1 Å². The van der Waals surface area contributed by atoms with Gasteiger partial charge in [0, 0.05) is 11.3 Å². The summed E-state index contributed by atoms with van der Waals surface area (Å²) in [5, 5.41) is 47.3. The third-order valence-electron chi connectivity index (χ3n) is 4.69. The third kappa shape index (κ3) is 5.84. The number of carboxylic acids is 1. The van der Waals surface area contributed by atoms with Crippen molar-refractivity contribution in [2.45, 2.75) is 16.9 Å². The highest BCUT2D eigenvalue weighted by Crippen LogP contribution is 2.37. The molecule has 0 bridgehead atoms. The maximum absolute atomic E-state index is 11.2. The van der Waals surface area contributed by atoms with Gasteiger partial charge in [0.25, 0.3) is 0 Å². The Balaban J connectivity index is 1.95. The zero-order valence-electron chi connectivity index (χ0n) is 17.6. The fourth-order valence-corrected chi connectivity index (χ4v) is 4.25. The van der Waals surface area contributed by atoms with Crippen molar-refractivity contribution >= 4 is 29.3 Å². The molecule has 0 aliphatic carbocycles. The number of carboxylic acid groups (broad SMARTS) is 1. The van der Waals surface area contributed by atoms with Gasteiger partial charge in [0.05, 0.1) is 23.3 Å². The maximum atomic E-state index is 11.2. The summed E-state index contributed by atoms with van der Waals surface area (Å²) in [4.78, 5) is 15.5. The molecule has 10 heteroatoms. The van der Waals surface area contributed by atoms with E-state index in [4.69, 9.17) is 21.4 Å². The van der Waals surface area contributed by atoms with Gasteiger partial charge >= 0.3 is 5.97 Å². The molecule has 0 aliphatic rings.